The summed E-state index contributed by atoms with van der Waals surface area (Å²) in [6, 6.07) is 12.7. The third-order valence-corrected chi connectivity index (χ3v) is 2.68. The smallest absolute Gasteiger partial charge is 0.123 e. The zero-order chi connectivity index (χ0) is 11.5. The highest BCUT2D eigenvalue weighted by molar-refractivity contribution is 5.71. The maximum Gasteiger partial charge on any atom is 0.123 e. The van der Waals surface area contributed by atoms with E-state index in [-0.39, 0.29) is 5.82 Å². The maximum atomic E-state index is 12.8. The Labute approximate surface area is 94.9 Å². The van der Waals surface area contributed by atoms with Crippen LogP contribution in [0.3, 0.4) is 0 Å². The number of rotatable bonds is 2. The van der Waals surface area contributed by atoms with Gasteiger partial charge in [-0.3, -0.25) is 0 Å². The van der Waals surface area contributed by atoms with Crippen molar-refractivity contribution < 1.29 is 4.39 Å². The molecule has 0 aliphatic carbocycles. The van der Waals surface area contributed by atoms with E-state index in [0.29, 0.717) is 0 Å². The highest BCUT2D eigenvalue weighted by Gasteiger charge is 2.03. The molecule has 82 valence electrons. The summed E-state index contributed by atoms with van der Waals surface area (Å²) in [5, 5.41) is 3.10. The van der Waals surface area contributed by atoms with E-state index in [0.717, 1.165) is 16.8 Å². The Bertz CT molecular complexity index is 489. The highest BCUT2D eigenvalue weighted by atomic mass is 19.1. The van der Waals surface area contributed by atoms with Gasteiger partial charge in [-0.1, -0.05) is 18.2 Å². The summed E-state index contributed by atoms with van der Waals surface area (Å²) >= 11 is 0. The van der Waals surface area contributed by atoms with Crippen molar-refractivity contribution in [1.82, 2.24) is 0 Å². The van der Waals surface area contributed by atoms with Crippen molar-refractivity contribution in [2.24, 2.45) is 0 Å². The number of aryl methyl sites for hydroxylation is 1. The molecule has 2 aromatic carbocycles. The molecule has 0 aromatic heterocycles. The van der Waals surface area contributed by atoms with E-state index in [1.165, 1.54) is 17.7 Å². The van der Waals surface area contributed by atoms with Crippen LogP contribution in [0.5, 0.6) is 0 Å². The van der Waals surface area contributed by atoms with E-state index in [2.05, 4.69) is 24.4 Å². The Hall–Kier alpha value is -1.83. The van der Waals surface area contributed by atoms with Gasteiger partial charge in [-0.15, -0.1) is 0 Å². The Balaban J connectivity index is 2.50. The van der Waals surface area contributed by atoms with Gasteiger partial charge in [0.15, 0.2) is 0 Å². The quantitative estimate of drug-likeness (QED) is 0.802. The Morgan fingerprint density at radius 2 is 1.69 bits per heavy atom. The molecule has 0 atom stereocenters. The summed E-state index contributed by atoms with van der Waals surface area (Å²) in [4.78, 5) is 0. The van der Waals surface area contributed by atoms with Crippen LogP contribution in [0.1, 0.15) is 5.56 Å². The molecule has 2 rings (SSSR count). The molecule has 0 amide bonds. The van der Waals surface area contributed by atoms with Gasteiger partial charge in [-0.2, -0.15) is 0 Å². The molecule has 0 saturated carbocycles. The average molecular weight is 215 g/mol. The lowest BCUT2D eigenvalue weighted by molar-refractivity contribution is 0.628. The lowest BCUT2D eigenvalue weighted by atomic mass is 10.00. The van der Waals surface area contributed by atoms with Gasteiger partial charge in [0.1, 0.15) is 5.82 Å². The largest absolute Gasteiger partial charge is 0.388 e. The number of benzene rings is 2. The first-order valence-corrected chi connectivity index (χ1v) is 5.25. The number of halogens is 1. The van der Waals surface area contributed by atoms with E-state index >= 15 is 0 Å². The summed E-state index contributed by atoms with van der Waals surface area (Å²) in [7, 11) is 1.89. The number of hydrogen-bond acceptors (Lipinski definition) is 1. The summed E-state index contributed by atoms with van der Waals surface area (Å²) < 4.78 is 12.8. The molecule has 2 aromatic rings. The SMILES string of the molecule is CNc1ccc(C)c(-c2ccc(F)cc2)c1. The molecule has 16 heavy (non-hydrogen) atoms. The molecule has 1 nitrogen and oxygen atoms in total. The van der Waals surface area contributed by atoms with E-state index in [4.69, 9.17) is 0 Å². The van der Waals surface area contributed by atoms with Gasteiger partial charge >= 0.3 is 0 Å². The second-order valence-electron chi connectivity index (χ2n) is 3.79. The number of anilines is 1. The normalized spacial score (nSPS) is 10.2. The van der Waals surface area contributed by atoms with Crippen molar-refractivity contribution in [2.75, 3.05) is 12.4 Å². The van der Waals surface area contributed by atoms with Crippen LogP contribution in [-0.2, 0) is 0 Å². The Morgan fingerprint density at radius 3 is 2.31 bits per heavy atom. The number of hydrogen-bond donors (Lipinski definition) is 1. The van der Waals surface area contributed by atoms with Crippen molar-refractivity contribution in [3.8, 4) is 11.1 Å². The van der Waals surface area contributed by atoms with Gasteiger partial charge < -0.3 is 5.32 Å². The van der Waals surface area contributed by atoms with Crippen molar-refractivity contribution in [1.29, 1.82) is 0 Å². The van der Waals surface area contributed by atoms with E-state index < -0.39 is 0 Å². The number of nitrogens with one attached hydrogen (secondary N) is 1. The first kappa shape index (κ1) is 10.7. The third kappa shape index (κ3) is 2.06. The van der Waals surface area contributed by atoms with Crippen LogP contribution < -0.4 is 5.32 Å². The van der Waals surface area contributed by atoms with Gasteiger partial charge in [0.2, 0.25) is 0 Å². The zero-order valence-electron chi connectivity index (χ0n) is 9.42. The Kier molecular flexibility index (Phi) is 2.91. The van der Waals surface area contributed by atoms with Crippen molar-refractivity contribution in [2.45, 2.75) is 6.92 Å². The topological polar surface area (TPSA) is 12.0 Å². The summed E-state index contributed by atoms with van der Waals surface area (Å²) in [6.07, 6.45) is 0. The zero-order valence-corrected chi connectivity index (χ0v) is 9.42. The van der Waals surface area contributed by atoms with Crippen LogP contribution in [0, 0.1) is 12.7 Å². The summed E-state index contributed by atoms with van der Waals surface area (Å²) in [5.41, 5.74) is 4.42. The molecule has 2 heteroatoms. The molecule has 0 heterocycles. The minimum Gasteiger partial charge on any atom is -0.388 e. The summed E-state index contributed by atoms with van der Waals surface area (Å²) in [5.74, 6) is -0.203. The van der Waals surface area contributed by atoms with Crippen LogP contribution >= 0.6 is 0 Å². The first-order chi connectivity index (χ1) is 7.70. The minimum atomic E-state index is -0.203. The third-order valence-electron chi connectivity index (χ3n) is 2.68. The molecule has 0 bridgehead atoms. The lowest BCUT2D eigenvalue weighted by Crippen LogP contribution is -1.90. The molecule has 0 aliphatic rings. The van der Waals surface area contributed by atoms with E-state index in [1.807, 2.05) is 13.1 Å². The minimum absolute atomic E-state index is 0.203. The van der Waals surface area contributed by atoms with Gasteiger partial charge in [-0.05, 0) is 47.9 Å². The summed E-state index contributed by atoms with van der Waals surface area (Å²) in [6.45, 7) is 2.05. The second-order valence-corrected chi connectivity index (χ2v) is 3.79. The van der Waals surface area contributed by atoms with Gasteiger partial charge in [0.25, 0.3) is 0 Å². The predicted molar refractivity (Wildman–Crippen MR) is 66.1 cm³/mol. The van der Waals surface area contributed by atoms with Crippen LogP contribution in [-0.4, -0.2) is 7.05 Å². The molecule has 1 N–H and O–H groups in total. The van der Waals surface area contributed by atoms with Gasteiger partial charge in [0, 0.05) is 12.7 Å². The van der Waals surface area contributed by atoms with Crippen LogP contribution in [0.25, 0.3) is 11.1 Å². The standard InChI is InChI=1S/C14H14FN/c1-10-3-8-13(16-2)9-14(10)11-4-6-12(15)7-5-11/h3-9,16H,1-2H3. The highest BCUT2D eigenvalue weighted by Crippen LogP contribution is 2.26. The maximum absolute atomic E-state index is 12.8. The van der Waals surface area contributed by atoms with Crippen LogP contribution in [0.2, 0.25) is 0 Å². The fourth-order valence-corrected chi connectivity index (χ4v) is 1.72. The average Bonchev–Trinajstić information content (AvgIpc) is 2.31. The molecule has 0 saturated heterocycles. The first-order valence-electron chi connectivity index (χ1n) is 5.25. The molecular formula is C14H14FN. The van der Waals surface area contributed by atoms with Crippen molar-refractivity contribution in [3.05, 3.63) is 53.8 Å². The fraction of sp³-hybridized carbons (Fsp3) is 0.143. The molecule has 0 unspecified atom stereocenters. The molecule has 0 spiro atoms. The van der Waals surface area contributed by atoms with Crippen LogP contribution in [0.15, 0.2) is 42.5 Å². The molecule has 0 fully saturated rings. The van der Waals surface area contributed by atoms with Gasteiger partial charge in [-0.25, -0.2) is 4.39 Å². The predicted octanol–water partition coefficient (Wildman–Crippen LogP) is 3.84. The fourth-order valence-electron chi connectivity index (χ4n) is 1.72. The second kappa shape index (κ2) is 4.35. The monoisotopic (exact) mass is 215 g/mol. The van der Waals surface area contributed by atoms with Gasteiger partial charge in [0.05, 0.1) is 0 Å². The van der Waals surface area contributed by atoms with Crippen molar-refractivity contribution >= 4 is 5.69 Å². The van der Waals surface area contributed by atoms with E-state index in [9.17, 15) is 4.39 Å². The van der Waals surface area contributed by atoms with Crippen molar-refractivity contribution in [3.63, 3.8) is 0 Å². The molecular weight excluding hydrogens is 201 g/mol. The molecule has 0 aliphatic heterocycles. The van der Waals surface area contributed by atoms with E-state index in [1.54, 1.807) is 12.1 Å². The lowest BCUT2D eigenvalue weighted by Gasteiger charge is -2.09. The Morgan fingerprint density at radius 1 is 1.00 bits per heavy atom. The van der Waals surface area contributed by atoms with Crippen LogP contribution in [0.4, 0.5) is 10.1 Å². The molecule has 0 radical (unpaired) electrons.